The summed E-state index contributed by atoms with van der Waals surface area (Å²) in [6.45, 7) is 0.334. The molecule has 0 aromatic heterocycles. The second-order valence-corrected chi connectivity index (χ2v) is 5.63. The van der Waals surface area contributed by atoms with Gasteiger partial charge >= 0.3 is 5.97 Å². The summed E-state index contributed by atoms with van der Waals surface area (Å²) in [6, 6.07) is 14.7. The number of esters is 1. The third-order valence-corrected chi connectivity index (χ3v) is 3.77. The van der Waals surface area contributed by atoms with E-state index in [1.54, 1.807) is 23.9 Å². The van der Waals surface area contributed by atoms with Crippen molar-refractivity contribution in [3.63, 3.8) is 0 Å². The highest BCUT2D eigenvalue weighted by Gasteiger charge is 2.11. The molecule has 0 amide bonds. The maximum atomic E-state index is 11.8. The average Bonchev–Trinajstić information content (AvgIpc) is 2.44. The first-order valence-electron chi connectivity index (χ1n) is 6.07. The summed E-state index contributed by atoms with van der Waals surface area (Å²) in [4.78, 5) is 13.0. The van der Waals surface area contributed by atoms with Gasteiger partial charge in [-0.2, -0.15) is 0 Å². The van der Waals surface area contributed by atoms with Crippen molar-refractivity contribution in [3.8, 4) is 0 Å². The minimum Gasteiger partial charge on any atom is -0.461 e. The topological polar surface area (TPSA) is 52.3 Å². The molecule has 2 aromatic carbocycles. The van der Waals surface area contributed by atoms with Crippen LogP contribution in [0.3, 0.4) is 0 Å². The van der Waals surface area contributed by atoms with Crippen molar-refractivity contribution in [2.45, 2.75) is 4.90 Å². The first-order chi connectivity index (χ1) is 9.66. The largest absolute Gasteiger partial charge is 0.461 e. The van der Waals surface area contributed by atoms with Gasteiger partial charge in [0.1, 0.15) is 6.61 Å². The molecule has 0 fully saturated rings. The number of hydrogen-bond donors (Lipinski definition) is 1. The third-order valence-electron chi connectivity index (χ3n) is 2.56. The lowest BCUT2D eigenvalue weighted by Gasteiger charge is -2.07. The lowest BCUT2D eigenvalue weighted by Crippen LogP contribution is -2.10. The molecule has 3 nitrogen and oxygen atoms in total. The summed E-state index contributed by atoms with van der Waals surface area (Å²) >= 11 is 7.42. The quantitative estimate of drug-likeness (QED) is 0.394. The van der Waals surface area contributed by atoms with Crippen LogP contribution in [0.25, 0.3) is 0 Å². The molecule has 5 heteroatoms. The summed E-state index contributed by atoms with van der Waals surface area (Å²) in [7, 11) is 0. The number of benzene rings is 2. The maximum Gasteiger partial charge on any atom is 0.340 e. The Kier molecular flexibility index (Phi) is 5.32. The molecule has 2 N–H and O–H groups in total. The number of rotatable bonds is 5. The molecule has 0 aliphatic heterocycles. The summed E-state index contributed by atoms with van der Waals surface area (Å²) in [5, 5.41) is 0.499. The van der Waals surface area contributed by atoms with Crippen LogP contribution in [0.4, 0.5) is 5.69 Å². The SMILES string of the molecule is Nc1cc(Cl)ccc1C(=O)OCCSc1ccccc1. The van der Waals surface area contributed by atoms with Gasteiger partial charge in [-0.05, 0) is 30.3 Å². The van der Waals surface area contributed by atoms with E-state index in [1.165, 1.54) is 6.07 Å². The van der Waals surface area contributed by atoms with Gasteiger partial charge in [0.2, 0.25) is 0 Å². The van der Waals surface area contributed by atoms with E-state index >= 15 is 0 Å². The summed E-state index contributed by atoms with van der Waals surface area (Å²) < 4.78 is 5.19. The van der Waals surface area contributed by atoms with Gasteiger partial charge in [0.15, 0.2) is 0 Å². The fourth-order valence-corrected chi connectivity index (χ4v) is 2.54. The Morgan fingerprint density at radius 1 is 1.20 bits per heavy atom. The number of carbonyl (C=O) groups is 1. The highest BCUT2D eigenvalue weighted by atomic mass is 35.5. The molecular weight excluding hydrogens is 294 g/mol. The Hall–Kier alpha value is -1.65. The number of anilines is 1. The van der Waals surface area contributed by atoms with Gasteiger partial charge in [-0.15, -0.1) is 11.8 Å². The second-order valence-electron chi connectivity index (χ2n) is 4.03. The van der Waals surface area contributed by atoms with Gasteiger partial charge in [0, 0.05) is 21.4 Å². The van der Waals surface area contributed by atoms with Crippen LogP contribution in [0.15, 0.2) is 53.4 Å². The van der Waals surface area contributed by atoms with E-state index < -0.39 is 5.97 Å². The lowest BCUT2D eigenvalue weighted by molar-refractivity contribution is 0.0531. The molecule has 0 atom stereocenters. The molecule has 0 bridgehead atoms. The molecule has 2 aromatic rings. The number of nitrogens with two attached hydrogens (primary N) is 1. The Morgan fingerprint density at radius 3 is 2.65 bits per heavy atom. The van der Waals surface area contributed by atoms with E-state index in [0.717, 1.165) is 4.90 Å². The van der Waals surface area contributed by atoms with E-state index in [-0.39, 0.29) is 0 Å². The molecule has 0 aliphatic carbocycles. The first kappa shape index (κ1) is 14.8. The number of carbonyl (C=O) groups excluding carboxylic acids is 1. The van der Waals surface area contributed by atoms with Crippen LogP contribution in [0.5, 0.6) is 0 Å². The standard InChI is InChI=1S/C15H14ClNO2S/c16-11-6-7-13(14(17)10-11)15(18)19-8-9-20-12-4-2-1-3-5-12/h1-7,10H,8-9,17H2. The maximum absolute atomic E-state index is 11.8. The van der Waals surface area contributed by atoms with Crippen LogP contribution in [0, 0.1) is 0 Å². The predicted molar refractivity (Wildman–Crippen MR) is 83.3 cm³/mol. The van der Waals surface area contributed by atoms with Crippen molar-refractivity contribution < 1.29 is 9.53 Å². The van der Waals surface area contributed by atoms with Crippen LogP contribution in [-0.2, 0) is 4.74 Å². The van der Waals surface area contributed by atoms with E-state index in [9.17, 15) is 4.79 Å². The van der Waals surface area contributed by atoms with Gasteiger partial charge < -0.3 is 10.5 Å². The van der Waals surface area contributed by atoms with Crippen LogP contribution >= 0.6 is 23.4 Å². The molecule has 0 heterocycles. The first-order valence-corrected chi connectivity index (χ1v) is 7.43. The van der Waals surface area contributed by atoms with Gasteiger partial charge in [0.25, 0.3) is 0 Å². The van der Waals surface area contributed by atoms with E-state index in [2.05, 4.69) is 0 Å². The minimum atomic E-state index is -0.423. The average molecular weight is 308 g/mol. The van der Waals surface area contributed by atoms with Gasteiger partial charge in [0.05, 0.1) is 5.56 Å². The normalized spacial score (nSPS) is 10.2. The van der Waals surface area contributed by atoms with Crippen molar-refractivity contribution in [2.24, 2.45) is 0 Å². The van der Waals surface area contributed by atoms with Crippen molar-refractivity contribution >= 4 is 35.0 Å². The zero-order valence-corrected chi connectivity index (χ0v) is 12.3. The Bertz CT molecular complexity index is 590. The van der Waals surface area contributed by atoms with Crippen LogP contribution in [0.1, 0.15) is 10.4 Å². The van der Waals surface area contributed by atoms with E-state index in [0.29, 0.717) is 28.6 Å². The summed E-state index contributed by atoms with van der Waals surface area (Å²) in [6.07, 6.45) is 0. The Labute approximate surface area is 127 Å². The van der Waals surface area contributed by atoms with Gasteiger partial charge in [-0.25, -0.2) is 4.79 Å². The number of nitrogen functional groups attached to an aromatic ring is 1. The monoisotopic (exact) mass is 307 g/mol. The molecular formula is C15H14ClNO2S. The smallest absolute Gasteiger partial charge is 0.340 e. The van der Waals surface area contributed by atoms with Gasteiger partial charge in [-0.3, -0.25) is 0 Å². The molecule has 0 saturated carbocycles. The fourth-order valence-electron chi connectivity index (χ4n) is 1.61. The lowest BCUT2D eigenvalue weighted by atomic mass is 10.2. The Balaban J connectivity index is 1.80. The molecule has 20 heavy (non-hydrogen) atoms. The molecule has 0 aliphatic rings. The second kappa shape index (κ2) is 7.22. The zero-order valence-electron chi connectivity index (χ0n) is 10.7. The zero-order chi connectivity index (χ0) is 14.4. The molecule has 0 spiro atoms. The van der Waals surface area contributed by atoms with E-state index in [1.807, 2.05) is 30.3 Å². The minimum absolute atomic E-state index is 0.332. The fraction of sp³-hybridized carbons (Fsp3) is 0.133. The highest BCUT2D eigenvalue weighted by molar-refractivity contribution is 7.99. The Morgan fingerprint density at radius 2 is 1.95 bits per heavy atom. The molecule has 104 valence electrons. The number of thioether (sulfide) groups is 1. The predicted octanol–water partition coefficient (Wildman–Crippen LogP) is 3.87. The molecule has 0 saturated heterocycles. The van der Waals surface area contributed by atoms with Crippen molar-refractivity contribution in [3.05, 3.63) is 59.1 Å². The number of ether oxygens (including phenoxy) is 1. The summed E-state index contributed by atoms with van der Waals surface area (Å²) in [5.74, 6) is 0.274. The number of hydrogen-bond acceptors (Lipinski definition) is 4. The number of halogens is 1. The van der Waals surface area contributed by atoms with Crippen LogP contribution < -0.4 is 5.73 Å². The molecule has 0 unspecified atom stereocenters. The summed E-state index contributed by atoms with van der Waals surface area (Å²) in [5.41, 5.74) is 6.41. The molecule has 2 rings (SSSR count). The van der Waals surface area contributed by atoms with Crippen molar-refractivity contribution in [2.75, 3.05) is 18.1 Å². The van der Waals surface area contributed by atoms with Gasteiger partial charge in [-0.1, -0.05) is 29.8 Å². The van der Waals surface area contributed by atoms with E-state index in [4.69, 9.17) is 22.1 Å². The van der Waals surface area contributed by atoms with Crippen LogP contribution in [0.2, 0.25) is 5.02 Å². The van der Waals surface area contributed by atoms with Crippen molar-refractivity contribution in [1.29, 1.82) is 0 Å². The highest BCUT2D eigenvalue weighted by Crippen LogP contribution is 2.20. The van der Waals surface area contributed by atoms with Crippen LogP contribution in [-0.4, -0.2) is 18.3 Å². The molecule has 0 radical (unpaired) electrons. The third kappa shape index (κ3) is 4.18. The van der Waals surface area contributed by atoms with Crippen molar-refractivity contribution in [1.82, 2.24) is 0 Å².